The minimum atomic E-state index is -0.941. The highest BCUT2D eigenvalue weighted by Crippen LogP contribution is 2.02. The zero-order valence-electron chi connectivity index (χ0n) is 9.85. The monoisotopic (exact) mass is 235 g/mol. The number of benzene rings is 1. The molecule has 0 aliphatic carbocycles. The third-order valence-corrected chi connectivity index (χ3v) is 2.49. The molecule has 0 aliphatic heterocycles. The van der Waals surface area contributed by atoms with Crippen LogP contribution in [0.2, 0.25) is 0 Å². The van der Waals surface area contributed by atoms with Crippen molar-refractivity contribution >= 4 is 11.9 Å². The number of carboxylic acid groups (broad SMARTS) is 1. The summed E-state index contributed by atoms with van der Waals surface area (Å²) < 4.78 is 0. The summed E-state index contributed by atoms with van der Waals surface area (Å²) in [4.78, 5) is 21.9. The van der Waals surface area contributed by atoms with Crippen molar-refractivity contribution in [2.24, 2.45) is 5.92 Å². The van der Waals surface area contributed by atoms with E-state index in [0.29, 0.717) is 6.54 Å². The molecule has 0 fully saturated rings. The van der Waals surface area contributed by atoms with E-state index in [1.807, 2.05) is 30.3 Å². The van der Waals surface area contributed by atoms with Crippen LogP contribution < -0.4 is 5.32 Å². The first kappa shape index (κ1) is 13.2. The molecule has 0 aliphatic rings. The summed E-state index contributed by atoms with van der Waals surface area (Å²) in [6.45, 7) is 2.06. The van der Waals surface area contributed by atoms with Crippen molar-refractivity contribution in [3.8, 4) is 0 Å². The van der Waals surface area contributed by atoms with Crippen LogP contribution in [0.3, 0.4) is 0 Å². The lowest BCUT2D eigenvalue weighted by Gasteiger charge is -2.07. The van der Waals surface area contributed by atoms with Crippen molar-refractivity contribution in [3.63, 3.8) is 0 Å². The third-order valence-electron chi connectivity index (χ3n) is 2.49. The summed E-state index contributed by atoms with van der Waals surface area (Å²) >= 11 is 0. The number of hydrogen-bond acceptors (Lipinski definition) is 2. The van der Waals surface area contributed by atoms with Gasteiger partial charge in [0.15, 0.2) is 0 Å². The number of carbonyl (C=O) groups is 2. The summed E-state index contributed by atoms with van der Waals surface area (Å²) in [5.74, 6) is -1.79. The second-order valence-electron chi connectivity index (χ2n) is 4.03. The van der Waals surface area contributed by atoms with Gasteiger partial charge >= 0.3 is 5.97 Å². The van der Waals surface area contributed by atoms with Crippen LogP contribution in [0.25, 0.3) is 0 Å². The number of aliphatic carboxylic acids is 1. The first-order valence-electron chi connectivity index (χ1n) is 5.63. The molecule has 4 heteroatoms. The highest BCUT2D eigenvalue weighted by Gasteiger charge is 2.14. The molecule has 1 aromatic rings. The minimum Gasteiger partial charge on any atom is -0.481 e. The molecule has 0 radical (unpaired) electrons. The Balaban J connectivity index is 2.23. The van der Waals surface area contributed by atoms with Crippen LogP contribution in [-0.4, -0.2) is 23.5 Å². The van der Waals surface area contributed by atoms with Gasteiger partial charge in [0.05, 0.1) is 5.92 Å². The zero-order valence-corrected chi connectivity index (χ0v) is 9.85. The van der Waals surface area contributed by atoms with Crippen LogP contribution in [0.5, 0.6) is 0 Å². The fourth-order valence-corrected chi connectivity index (χ4v) is 1.43. The van der Waals surface area contributed by atoms with Crippen molar-refractivity contribution in [2.45, 2.75) is 19.8 Å². The molecular weight excluding hydrogens is 218 g/mol. The predicted molar refractivity (Wildman–Crippen MR) is 64.6 cm³/mol. The zero-order chi connectivity index (χ0) is 12.7. The van der Waals surface area contributed by atoms with Gasteiger partial charge in [-0.05, 0) is 12.0 Å². The van der Waals surface area contributed by atoms with Crippen molar-refractivity contribution in [1.82, 2.24) is 5.32 Å². The summed E-state index contributed by atoms with van der Waals surface area (Å²) in [5, 5.41) is 11.4. The highest BCUT2D eigenvalue weighted by atomic mass is 16.4. The summed E-state index contributed by atoms with van der Waals surface area (Å²) in [7, 11) is 0. The molecule has 0 heterocycles. The quantitative estimate of drug-likeness (QED) is 0.784. The molecule has 0 saturated carbocycles. The van der Waals surface area contributed by atoms with E-state index < -0.39 is 11.9 Å². The van der Waals surface area contributed by atoms with E-state index in [1.165, 1.54) is 6.92 Å². The van der Waals surface area contributed by atoms with Crippen LogP contribution >= 0.6 is 0 Å². The lowest BCUT2D eigenvalue weighted by molar-refractivity contribution is -0.143. The molecule has 1 aromatic carbocycles. The molecule has 92 valence electrons. The maximum absolute atomic E-state index is 11.4. The van der Waals surface area contributed by atoms with Crippen LogP contribution in [0.4, 0.5) is 0 Å². The molecule has 1 unspecified atom stereocenters. The number of hydrogen-bond donors (Lipinski definition) is 2. The smallest absolute Gasteiger partial charge is 0.306 e. The van der Waals surface area contributed by atoms with Crippen molar-refractivity contribution in [1.29, 1.82) is 0 Å². The van der Waals surface area contributed by atoms with Crippen molar-refractivity contribution in [3.05, 3.63) is 35.9 Å². The first-order chi connectivity index (χ1) is 8.09. The molecule has 0 saturated heterocycles. The largest absolute Gasteiger partial charge is 0.481 e. The van der Waals surface area contributed by atoms with E-state index in [4.69, 9.17) is 5.11 Å². The van der Waals surface area contributed by atoms with Crippen molar-refractivity contribution in [2.75, 3.05) is 6.54 Å². The summed E-state index contributed by atoms with van der Waals surface area (Å²) in [6, 6.07) is 9.82. The number of carbonyl (C=O) groups excluding carboxylic acids is 1. The number of amides is 1. The van der Waals surface area contributed by atoms with Gasteiger partial charge in [-0.15, -0.1) is 0 Å². The number of rotatable bonds is 6. The Hall–Kier alpha value is -1.84. The molecule has 0 bridgehead atoms. The van der Waals surface area contributed by atoms with Gasteiger partial charge in [0.25, 0.3) is 0 Å². The number of carboxylic acids is 1. The Labute approximate surface area is 101 Å². The van der Waals surface area contributed by atoms with E-state index in [1.54, 1.807) is 0 Å². The molecule has 1 amide bonds. The van der Waals surface area contributed by atoms with Gasteiger partial charge in [0, 0.05) is 13.0 Å². The fourth-order valence-electron chi connectivity index (χ4n) is 1.43. The third kappa shape index (κ3) is 5.15. The average molecular weight is 235 g/mol. The fraction of sp³-hybridized carbons (Fsp3) is 0.385. The summed E-state index contributed by atoms with van der Waals surface area (Å²) in [6.07, 6.45) is 0.790. The van der Waals surface area contributed by atoms with Gasteiger partial charge in [-0.3, -0.25) is 9.59 Å². The molecule has 4 nitrogen and oxygen atoms in total. The van der Waals surface area contributed by atoms with E-state index >= 15 is 0 Å². The maximum atomic E-state index is 11.4. The average Bonchev–Trinajstić information content (AvgIpc) is 2.30. The van der Waals surface area contributed by atoms with Gasteiger partial charge in [-0.2, -0.15) is 0 Å². The van der Waals surface area contributed by atoms with Crippen LogP contribution in [0, 0.1) is 5.92 Å². The SMILES string of the molecule is CC(CC(=O)NCCc1ccccc1)C(=O)O. The Morgan fingerprint density at radius 2 is 1.94 bits per heavy atom. The summed E-state index contributed by atoms with van der Waals surface area (Å²) in [5.41, 5.74) is 1.15. The molecule has 1 atom stereocenters. The lowest BCUT2D eigenvalue weighted by atomic mass is 10.1. The van der Waals surface area contributed by atoms with E-state index in [-0.39, 0.29) is 12.3 Å². The maximum Gasteiger partial charge on any atom is 0.306 e. The Kier molecular flexibility index (Phi) is 5.20. The standard InChI is InChI=1S/C13H17NO3/c1-10(13(16)17)9-12(15)14-8-7-11-5-3-2-4-6-11/h2-6,10H,7-9H2,1H3,(H,14,15)(H,16,17). The molecule has 0 spiro atoms. The minimum absolute atomic E-state index is 0.0319. The van der Waals surface area contributed by atoms with E-state index in [9.17, 15) is 9.59 Å². The van der Waals surface area contributed by atoms with Crippen LogP contribution in [-0.2, 0) is 16.0 Å². The Morgan fingerprint density at radius 1 is 1.29 bits per heavy atom. The second kappa shape index (κ2) is 6.68. The topological polar surface area (TPSA) is 66.4 Å². The van der Waals surface area contributed by atoms with Crippen molar-refractivity contribution < 1.29 is 14.7 Å². The van der Waals surface area contributed by atoms with Gasteiger partial charge in [0.1, 0.15) is 0 Å². The second-order valence-corrected chi connectivity index (χ2v) is 4.03. The van der Waals surface area contributed by atoms with Crippen LogP contribution in [0.15, 0.2) is 30.3 Å². The van der Waals surface area contributed by atoms with Gasteiger partial charge in [-0.25, -0.2) is 0 Å². The van der Waals surface area contributed by atoms with E-state index in [0.717, 1.165) is 12.0 Å². The van der Waals surface area contributed by atoms with Crippen LogP contribution in [0.1, 0.15) is 18.9 Å². The predicted octanol–water partition coefficient (Wildman–Crippen LogP) is 1.46. The van der Waals surface area contributed by atoms with Gasteiger partial charge in [-0.1, -0.05) is 37.3 Å². The highest BCUT2D eigenvalue weighted by molar-refractivity contribution is 5.81. The molecule has 17 heavy (non-hydrogen) atoms. The Morgan fingerprint density at radius 3 is 2.53 bits per heavy atom. The van der Waals surface area contributed by atoms with Gasteiger partial charge < -0.3 is 10.4 Å². The van der Waals surface area contributed by atoms with E-state index in [2.05, 4.69) is 5.32 Å². The Bertz CT molecular complexity index is 376. The number of nitrogens with one attached hydrogen (secondary N) is 1. The molecule has 1 rings (SSSR count). The molecule has 2 N–H and O–H groups in total. The lowest BCUT2D eigenvalue weighted by Crippen LogP contribution is -2.28. The first-order valence-corrected chi connectivity index (χ1v) is 5.63. The molecular formula is C13H17NO3. The normalized spacial score (nSPS) is 11.8. The van der Waals surface area contributed by atoms with Gasteiger partial charge in [0.2, 0.25) is 5.91 Å². The molecule has 0 aromatic heterocycles.